The molecule has 0 N–H and O–H groups in total. The van der Waals surface area contributed by atoms with Crippen molar-refractivity contribution in [3.8, 4) is 5.75 Å². The summed E-state index contributed by atoms with van der Waals surface area (Å²) in [5.74, 6) is 0.462. The van der Waals surface area contributed by atoms with E-state index < -0.39 is 30.3 Å². The third kappa shape index (κ3) is 13.1. The van der Waals surface area contributed by atoms with Crippen LogP contribution in [0.1, 0.15) is 103 Å². The first-order valence-electron chi connectivity index (χ1n) is 17.2. The molecule has 0 aliphatic heterocycles. The van der Waals surface area contributed by atoms with E-state index in [0.29, 0.717) is 18.0 Å². The van der Waals surface area contributed by atoms with E-state index >= 15 is 0 Å². The molecule has 2 rings (SSSR count). The van der Waals surface area contributed by atoms with Gasteiger partial charge in [-0.2, -0.15) is 0 Å². The molecule has 0 heterocycles. The zero-order valence-corrected chi connectivity index (χ0v) is 31.4. The second-order valence-corrected chi connectivity index (χ2v) is 12.5. The number of Topliss-reactive ketones (excluding diaryl/α,β-unsaturated/α-hetero) is 1. The molecule has 8 heteroatoms. The zero-order valence-electron chi connectivity index (χ0n) is 33.4. The van der Waals surface area contributed by atoms with Crippen LogP contribution in [0.2, 0.25) is 0 Å². The minimum absolute atomic E-state index is 0.0249. The average Bonchev–Trinajstić information content (AvgIpc) is 3.05. The molecule has 0 radical (unpaired) electrons. The molecule has 46 heavy (non-hydrogen) atoms. The number of carbonyl (C=O) groups is 4. The van der Waals surface area contributed by atoms with Gasteiger partial charge in [-0.1, -0.05) is 98.7 Å². The van der Waals surface area contributed by atoms with Crippen molar-refractivity contribution in [2.45, 2.75) is 107 Å². The van der Waals surface area contributed by atoms with Gasteiger partial charge in [-0.15, -0.1) is 0 Å². The summed E-state index contributed by atoms with van der Waals surface area (Å²) < 4.78 is 19.8. The minimum atomic E-state index is -0.871. The molecule has 0 fully saturated rings. The van der Waals surface area contributed by atoms with Gasteiger partial charge in [0, 0.05) is 26.4 Å². The van der Waals surface area contributed by atoms with Crippen molar-refractivity contribution in [1.29, 1.82) is 0 Å². The molecule has 0 aromatic heterocycles. The summed E-state index contributed by atoms with van der Waals surface area (Å²) >= 11 is 0. The summed E-state index contributed by atoms with van der Waals surface area (Å²) in [6.45, 7) is 23.9. The Morgan fingerprint density at radius 2 is 1.28 bits per heavy atom. The number of ketones is 1. The van der Waals surface area contributed by atoms with Crippen LogP contribution in [0.3, 0.4) is 0 Å². The zero-order chi connectivity index (χ0) is 38.2. The highest BCUT2D eigenvalue weighted by Crippen LogP contribution is 2.38. The number of esters is 1. The van der Waals surface area contributed by atoms with Crippen molar-refractivity contribution >= 4 is 30.2 Å². The van der Waals surface area contributed by atoms with Crippen LogP contribution in [0, 0.1) is 11.8 Å². The summed E-state index contributed by atoms with van der Waals surface area (Å²) in [4.78, 5) is 51.5. The molecule has 2 amide bonds. The van der Waals surface area contributed by atoms with E-state index in [1.165, 1.54) is 11.9 Å². The van der Waals surface area contributed by atoms with E-state index in [4.69, 9.17) is 7.48 Å². The first kappa shape index (κ1) is 40.5. The highest BCUT2D eigenvalue weighted by molar-refractivity contribution is 5.83. The maximum atomic E-state index is 12.7. The SMILES string of the molecule is CC.CC.[2H]C(=O)N(C)C(C)(C)c1ccccc1C(C)(C)CC(=O)C(C)C(C)C.[2H]C(=O)N(C)c1ccccc1OC(=O)[C@H](C)N(C)C. The average molecular weight is 644 g/mol. The van der Waals surface area contributed by atoms with Gasteiger partial charge in [0.1, 0.15) is 14.6 Å². The fraction of sp³-hybridized carbons (Fsp3) is 0.579. The predicted octanol–water partition coefficient (Wildman–Crippen LogP) is 7.73. The van der Waals surface area contributed by atoms with Crippen molar-refractivity contribution in [1.82, 2.24) is 9.80 Å². The van der Waals surface area contributed by atoms with Crippen LogP contribution < -0.4 is 9.64 Å². The van der Waals surface area contributed by atoms with Crippen LogP contribution >= 0.6 is 0 Å². The van der Waals surface area contributed by atoms with E-state index in [9.17, 15) is 19.2 Å². The standard InChI is InChI=1S/C21H33NO2.C13H18N2O3.2C2H6/c1-15(2)16(3)19(24)13-20(4,5)17-11-9-10-12-18(17)21(6,7)22(8)14-23;1-10(14(2)3)13(17)18-12-8-6-5-7-11(12)15(4)9-16;2*1-2/h9-12,14-16H,13H2,1-8H3;5-10H,1-4H3;2*1-2H3/t;10-;;/m.0../s1/i14D;9D;;. The lowest BCUT2D eigenvalue weighted by molar-refractivity contribution is -0.138. The maximum Gasteiger partial charge on any atom is 0.328 e. The lowest BCUT2D eigenvalue weighted by Gasteiger charge is -2.38. The van der Waals surface area contributed by atoms with Crippen LogP contribution in [0.25, 0.3) is 0 Å². The molecule has 2 aromatic rings. The fourth-order valence-corrected chi connectivity index (χ4v) is 4.24. The number of benzene rings is 2. The van der Waals surface area contributed by atoms with E-state index in [2.05, 4.69) is 27.7 Å². The molecule has 0 aliphatic rings. The van der Waals surface area contributed by atoms with Crippen molar-refractivity contribution < 1.29 is 26.7 Å². The van der Waals surface area contributed by atoms with Crippen molar-refractivity contribution in [3.63, 3.8) is 0 Å². The van der Waals surface area contributed by atoms with Crippen molar-refractivity contribution in [2.75, 3.05) is 33.1 Å². The van der Waals surface area contributed by atoms with Gasteiger partial charge in [0.05, 0.1) is 11.2 Å². The molecule has 0 saturated heterocycles. The smallest absolute Gasteiger partial charge is 0.328 e. The molecule has 2 atom stereocenters. The van der Waals surface area contributed by atoms with Gasteiger partial charge in [-0.3, -0.25) is 19.3 Å². The topological polar surface area (TPSA) is 87.2 Å². The number of hydrogen-bond acceptors (Lipinski definition) is 6. The Morgan fingerprint density at radius 3 is 1.74 bits per heavy atom. The highest BCUT2D eigenvalue weighted by Gasteiger charge is 2.35. The Bertz CT molecular complexity index is 1310. The van der Waals surface area contributed by atoms with E-state index in [0.717, 1.165) is 16.0 Å². The molecular weight excluding hydrogens is 578 g/mol. The van der Waals surface area contributed by atoms with Crippen LogP contribution in [0.5, 0.6) is 5.75 Å². The molecule has 0 saturated carbocycles. The molecule has 0 bridgehead atoms. The Hall–Kier alpha value is -3.52. The number of carbonyl (C=O) groups excluding carboxylic acids is 4. The number of likely N-dealkylation sites (N-methyl/N-ethyl adjacent to an activating group) is 1. The van der Waals surface area contributed by atoms with E-state index in [1.54, 1.807) is 57.2 Å². The Morgan fingerprint density at radius 1 is 0.804 bits per heavy atom. The number of ether oxygens (including phenoxy) is 1. The number of anilines is 1. The monoisotopic (exact) mass is 643 g/mol. The Balaban J connectivity index is 0. The van der Waals surface area contributed by atoms with Gasteiger partial charge in [-0.05, 0) is 69.5 Å². The summed E-state index contributed by atoms with van der Waals surface area (Å²) in [5, 5.41) is 0. The molecule has 0 aliphatic carbocycles. The van der Waals surface area contributed by atoms with Gasteiger partial charge < -0.3 is 14.5 Å². The molecular formula is C38H63N3O5. The van der Waals surface area contributed by atoms with Gasteiger partial charge in [0.2, 0.25) is 12.8 Å². The number of hydrogen-bond donors (Lipinski definition) is 0. The number of para-hydroxylation sites is 2. The van der Waals surface area contributed by atoms with Crippen LogP contribution in [0.15, 0.2) is 48.5 Å². The van der Waals surface area contributed by atoms with E-state index in [-0.39, 0.29) is 22.9 Å². The highest BCUT2D eigenvalue weighted by atomic mass is 16.5. The second-order valence-electron chi connectivity index (χ2n) is 12.5. The van der Waals surface area contributed by atoms with Crippen LogP contribution in [-0.2, 0) is 30.1 Å². The number of nitrogens with zero attached hydrogens (tertiary/aromatic N) is 3. The predicted molar refractivity (Wildman–Crippen MR) is 192 cm³/mol. The Kier molecular flexibility index (Phi) is 18.8. The van der Waals surface area contributed by atoms with Crippen molar-refractivity contribution in [3.05, 3.63) is 59.7 Å². The van der Waals surface area contributed by atoms with E-state index in [1.807, 2.05) is 72.7 Å². The third-order valence-corrected chi connectivity index (χ3v) is 8.10. The van der Waals surface area contributed by atoms with Gasteiger partial charge in [0.25, 0.3) is 0 Å². The Labute approximate surface area is 283 Å². The molecule has 1 unspecified atom stereocenters. The van der Waals surface area contributed by atoms with Gasteiger partial charge in [-0.25, -0.2) is 4.79 Å². The quantitative estimate of drug-likeness (QED) is 0.142. The summed E-state index contributed by atoms with van der Waals surface area (Å²) in [7, 11) is 6.65. The maximum absolute atomic E-state index is 12.7. The third-order valence-electron chi connectivity index (χ3n) is 8.10. The summed E-state index contributed by atoms with van der Waals surface area (Å²) in [5.41, 5.74) is 1.45. The van der Waals surface area contributed by atoms with Gasteiger partial charge in [0.15, 0.2) is 5.75 Å². The second kappa shape index (κ2) is 21.3. The molecule has 0 spiro atoms. The first-order valence-corrected chi connectivity index (χ1v) is 16.2. The van der Waals surface area contributed by atoms with Crippen LogP contribution in [-0.4, -0.2) is 68.6 Å². The minimum Gasteiger partial charge on any atom is -0.423 e. The summed E-state index contributed by atoms with van der Waals surface area (Å²) in [6, 6.07) is 14.2. The lowest BCUT2D eigenvalue weighted by Crippen LogP contribution is -2.40. The fourth-order valence-electron chi connectivity index (χ4n) is 4.24. The van der Waals surface area contributed by atoms with Gasteiger partial charge >= 0.3 is 5.97 Å². The number of rotatable bonds is 11. The lowest BCUT2D eigenvalue weighted by atomic mass is 9.72. The molecule has 260 valence electrons. The normalized spacial score (nSPS) is 12.7. The molecule has 8 nitrogen and oxygen atoms in total. The number of amides is 2. The largest absolute Gasteiger partial charge is 0.423 e. The first-order chi connectivity index (χ1) is 22.2. The summed E-state index contributed by atoms with van der Waals surface area (Å²) in [6.07, 6.45) is -1.14. The molecule has 2 aromatic carbocycles. The van der Waals surface area contributed by atoms with Crippen molar-refractivity contribution in [2.24, 2.45) is 11.8 Å². The van der Waals surface area contributed by atoms with Crippen LogP contribution in [0.4, 0.5) is 5.69 Å².